The third kappa shape index (κ3) is 5.87. The Labute approximate surface area is 196 Å². The number of nitrogens with one attached hydrogen (secondary N) is 2. The molecule has 0 saturated heterocycles. The molecule has 0 unspecified atom stereocenters. The Hall–Kier alpha value is -3.99. The molecule has 178 valence electrons. The maximum absolute atomic E-state index is 12.7. The van der Waals surface area contributed by atoms with E-state index in [2.05, 4.69) is 15.6 Å². The summed E-state index contributed by atoms with van der Waals surface area (Å²) in [5.74, 6) is -0.333. The molecule has 0 spiro atoms. The van der Waals surface area contributed by atoms with Crippen LogP contribution in [0, 0.1) is 0 Å². The standard InChI is InChI=1S/C22H17ClF3N3O5/c1-32-16-4-3-5-17(33-2)19(16)20(30)29-21(31)28-13-7-9-18(27-11-13)34-15-8-6-12(10-14(15)23)22(24,25)26/h3-11H,1-2H3,(H2,28,29,30,31). The Bertz CT molecular complexity index is 1180. The highest BCUT2D eigenvalue weighted by Crippen LogP contribution is 2.36. The number of hydrogen-bond donors (Lipinski definition) is 2. The van der Waals surface area contributed by atoms with Gasteiger partial charge in [-0.15, -0.1) is 0 Å². The van der Waals surface area contributed by atoms with E-state index in [9.17, 15) is 22.8 Å². The molecule has 0 bridgehead atoms. The van der Waals surface area contributed by atoms with Gasteiger partial charge in [-0.25, -0.2) is 9.78 Å². The number of anilines is 1. The third-order valence-corrected chi connectivity index (χ3v) is 4.65. The number of rotatable bonds is 6. The lowest BCUT2D eigenvalue weighted by Gasteiger charge is -2.13. The molecule has 0 saturated carbocycles. The zero-order valence-corrected chi connectivity index (χ0v) is 18.5. The molecule has 0 radical (unpaired) electrons. The van der Waals surface area contributed by atoms with Crippen LogP contribution in [-0.2, 0) is 6.18 Å². The predicted molar refractivity (Wildman–Crippen MR) is 117 cm³/mol. The number of carbonyl (C=O) groups excluding carboxylic acids is 2. The number of hydrogen-bond acceptors (Lipinski definition) is 6. The summed E-state index contributed by atoms with van der Waals surface area (Å²) in [7, 11) is 2.75. The van der Waals surface area contributed by atoms with Gasteiger partial charge in [-0.3, -0.25) is 10.1 Å². The fraction of sp³-hybridized carbons (Fsp3) is 0.136. The van der Waals surface area contributed by atoms with Crippen molar-refractivity contribution in [1.29, 1.82) is 0 Å². The lowest BCUT2D eigenvalue weighted by molar-refractivity contribution is -0.137. The second-order valence-corrected chi connectivity index (χ2v) is 6.98. The number of ether oxygens (including phenoxy) is 3. The first-order chi connectivity index (χ1) is 16.1. The number of nitrogens with zero attached hydrogens (tertiary/aromatic N) is 1. The third-order valence-electron chi connectivity index (χ3n) is 4.35. The van der Waals surface area contributed by atoms with Crippen molar-refractivity contribution >= 4 is 29.2 Å². The van der Waals surface area contributed by atoms with Crippen molar-refractivity contribution in [3.8, 4) is 23.1 Å². The number of carbonyl (C=O) groups is 2. The van der Waals surface area contributed by atoms with E-state index in [1.165, 1.54) is 32.5 Å². The van der Waals surface area contributed by atoms with Gasteiger partial charge < -0.3 is 19.5 Å². The first-order valence-electron chi connectivity index (χ1n) is 9.46. The van der Waals surface area contributed by atoms with Crippen LogP contribution >= 0.6 is 11.6 Å². The van der Waals surface area contributed by atoms with Gasteiger partial charge in [-0.1, -0.05) is 17.7 Å². The molecule has 0 atom stereocenters. The Morgan fingerprint density at radius 3 is 2.18 bits per heavy atom. The summed E-state index contributed by atoms with van der Waals surface area (Å²) in [5.41, 5.74) is -0.662. The van der Waals surface area contributed by atoms with Crippen molar-refractivity contribution in [3.05, 3.63) is 70.9 Å². The maximum Gasteiger partial charge on any atom is 0.416 e. The number of alkyl halides is 3. The summed E-state index contributed by atoms with van der Waals surface area (Å²) in [4.78, 5) is 28.7. The molecule has 34 heavy (non-hydrogen) atoms. The molecule has 12 heteroatoms. The minimum Gasteiger partial charge on any atom is -0.496 e. The van der Waals surface area contributed by atoms with E-state index in [1.807, 2.05) is 0 Å². The van der Waals surface area contributed by atoms with Gasteiger partial charge in [0.1, 0.15) is 22.8 Å². The Morgan fingerprint density at radius 2 is 1.65 bits per heavy atom. The average Bonchev–Trinajstić information content (AvgIpc) is 2.80. The van der Waals surface area contributed by atoms with E-state index in [0.717, 1.165) is 18.2 Å². The Kier molecular flexibility index (Phi) is 7.47. The van der Waals surface area contributed by atoms with Crippen molar-refractivity contribution in [1.82, 2.24) is 10.3 Å². The summed E-state index contributed by atoms with van der Waals surface area (Å²) in [6.45, 7) is 0. The molecule has 0 fully saturated rings. The van der Waals surface area contributed by atoms with Crippen LogP contribution in [0.5, 0.6) is 23.1 Å². The summed E-state index contributed by atoms with van der Waals surface area (Å²) >= 11 is 5.86. The van der Waals surface area contributed by atoms with E-state index in [-0.39, 0.29) is 39.4 Å². The number of methoxy groups -OCH3 is 2. The number of halogens is 4. The van der Waals surface area contributed by atoms with E-state index >= 15 is 0 Å². The molecule has 8 nitrogen and oxygen atoms in total. The number of amides is 3. The molecule has 3 amide bonds. The summed E-state index contributed by atoms with van der Waals surface area (Å²) < 4.78 is 53.9. The monoisotopic (exact) mass is 495 g/mol. The van der Waals surface area contributed by atoms with E-state index in [0.29, 0.717) is 0 Å². The molecule has 0 aliphatic rings. The Morgan fingerprint density at radius 1 is 0.971 bits per heavy atom. The van der Waals surface area contributed by atoms with E-state index in [4.69, 9.17) is 25.8 Å². The molecule has 3 rings (SSSR count). The van der Waals surface area contributed by atoms with Crippen LogP contribution in [0.3, 0.4) is 0 Å². The van der Waals surface area contributed by atoms with Gasteiger partial charge in [0.15, 0.2) is 0 Å². The molecule has 2 aromatic carbocycles. The fourth-order valence-electron chi connectivity index (χ4n) is 2.79. The molecule has 0 aliphatic carbocycles. The van der Waals surface area contributed by atoms with Gasteiger partial charge in [-0.2, -0.15) is 13.2 Å². The highest BCUT2D eigenvalue weighted by molar-refractivity contribution is 6.32. The molecule has 1 aromatic heterocycles. The number of aromatic nitrogens is 1. The summed E-state index contributed by atoms with van der Waals surface area (Å²) in [6.07, 6.45) is -3.31. The van der Waals surface area contributed by atoms with Gasteiger partial charge in [0.05, 0.1) is 36.7 Å². The minimum absolute atomic E-state index is 0.0162. The number of imide groups is 1. The second kappa shape index (κ2) is 10.3. The minimum atomic E-state index is -4.54. The van der Waals surface area contributed by atoms with Gasteiger partial charge in [-0.05, 0) is 36.4 Å². The lowest BCUT2D eigenvalue weighted by atomic mass is 10.1. The number of pyridine rings is 1. The van der Waals surface area contributed by atoms with Gasteiger partial charge >= 0.3 is 12.2 Å². The first kappa shape index (κ1) is 24.6. The number of benzene rings is 2. The van der Waals surface area contributed by atoms with Crippen molar-refractivity contribution < 1.29 is 37.0 Å². The topological polar surface area (TPSA) is 98.8 Å². The zero-order chi connectivity index (χ0) is 24.9. The zero-order valence-electron chi connectivity index (χ0n) is 17.7. The summed E-state index contributed by atoms with van der Waals surface area (Å²) in [5, 5.41) is 4.33. The second-order valence-electron chi connectivity index (χ2n) is 6.58. The Balaban J connectivity index is 1.64. The van der Waals surface area contributed by atoms with Crippen LogP contribution in [0.15, 0.2) is 54.7 Å². The van der Waals surface area contributed by atoms with Gasteiger partial charge in [0.25, 0.3) is 5.91 Å². The van der Waals surface area contributed by atoms with Crippen LogP contribution in [0.1, 0.15) is 15.9 Å². The van der Waals surface area contributed by atoms with Crippen molar-refractivity contribution in [2.75, 3.05) is 19.5 Å². The lowest BCUT2D eigenvalue weighted by Crippen LogP contribution is -2.34. The van der Waals surface area contributed by atoms with Crippen molar-refractivity contribution in [2.45, 2.75) is 6.18 Å². The molecule has 3 aromatic rings. The highest BCUT2D eigenvalue weighted by atomic mass is 35.5. The normalized spacial score (nSPS) is 10.9. The van der Waals surface area contributed by atoms with E-state index < -0.39 is 23.7 Å². The van der Waals surface area contributed by atoms with E-state index in [1.54, 1.807) is 18.2 Å². The van der Waals surface area contributed by atoms with Crippen LogP contribution in [0.25, 0.3) is 0 Å². The predicted octanol–water partition coefficient (Wildman–Crippen LogP) is 5.53. The quantitative estimate of drug-likeness (QED) is 0.467. The van der Waals surface area contributed by atoms with Crippen LogP contribution in [-0.4, -0.2) is 31.1 Å². The molecular weight excluding hydrogens is 479 g/mol. The first-order valence-corrected chi connectivity index (χ1v) is 9.84. The smallest absolute Gasteiger partial charge is 0.416 e. The maximum atomic E-state index is 12.7. The summed E-state index contributed by atoms with van der Waals surface area (Å²) in [6, 6.07) is 9.27. The number of urea groups is 1. The fourth-order valence-corrected chi connectivity index (χ4v) is 3.01. The van der Waals surface area contributed by atoms with Crippen LogP contribution in [0.2, 0.25) is 5.02 Å². The van der Waals surface area contributed by atoms with Crippen molar-refractivity contribution in [2.24, 2.45) is 0 Å². The van der Waals surface area contributed by atoms with Gasteiger partial charge in [0.2, 0.25) is 5.88 Å². The van der Waals surface area contributed by atoms with Crippen molar-refractivity contribution in [3.63, 3.8) is 0 Å². The highest BCUT2D eigenvalue weighted by Gasteiger charge is 2.31. The van der Waals surface area contributed by atoms with Gasteiger partial charge in [0, 0.05) is 6.07 Å². The van der Waals surface area contributed by atoms with Crippen LogP contribution in [0.4, 0.5) is 23.7 Å². The SMILES string of the molecule is COc1cccc(OC)c1C(=O)NC(=O)Nc1ccc(Oc2ccc(C(F)(F)F)cc2Cl)nc1. The molecule has 0 aliphatic heterocycles. The van der Waals surface area contributed by atoms with Crippen LogP contribution < -0.4 is 24.8 Å². The molecule has 2 N–H and O–H groups in total. The molecule has 1 heterocycles. The average molecular weight is 496 g/mol. The largest absolute Gasteiger partial charge is 0.496 e. The molecular formula is C22H17ClF3N3O5.